The largest absolute Gasteiger partial charge is 0.459 e. The highest BCUT2D eigenvalue weighted by Gasteiger charge is 2.46. The van der Waals surface area contributed by atoms with Gasteiger partial charge in [-0.3, -0.25) is 0 Å². The van der Waals surface area contributed by atoms with Gasteiger partial charge in [0.05, 0.1) is 12.7 Å². The van der Waals surface area contributed by atoms with E-state index in [9.17, 15) is 9.90 Å². The lowest BCUT2D eigenvalue weighted by molar-refractivity contribution is -0.159. The number of hydrogen-bond acceptors (Lipinski definition) is 4. The van der Waals surface area contributed by atoms with Gasteiger partial charge in [-0.15, -0.1) is 0 Å². The van der Waals surface area contributed by atoms with Gasteiger partial charge >= 0.3 is 5.97 Å². The van der Waals surface area contributed by atoms with Crippen molar-refractivity contribution in [3.8, 4) is 0 Å². The molecule has 1 aliphatic heterocycles. The zero-order valence-corrected chi connectivity index (χ0v) is 12.2. The van der Waals surface area contributed by atoms with Crippen LogP contribution in [0.1, 0.15) is 26.3 Å². The minimum Gasteiger partial charge on any atom is -0.459 e. The summed E-state index contributed by atoms with van der Waals surface area (Å²) in [6.45, 7) is 6.67. The normalized spacial score (nSPS) is 26.5. The van der Waals surface area contributed by atoms with Crippen molar-refractivity contribution in [2.75, 3.05) is 6.61 Å². The third kappa shape index (κ3) is 3.38. The van der Waals surface area contributed by atoms with Crippen molar-refractivity contribution in [1.82, 2.24) is 0 Å². The van der Waals surface area contributed by atoms with Crippen LogP contribution in [-0.2, 0) is 20.9 Å². The van der Waals surface area contributed by atoms with Gasteiger partial charge < -0.3 is 14.6 Å². The van der Waals surface area contributed by atoms with Crippen molar-refractivity contribution in [3.63, 3.8) is 0 Å². The predicted octanol–water partition coefficient (Wildman–Crippen LogP) is 2.15. The molecule has 1 heterocycles. The zero-order valence-electron chi connectivity index (χ0n) is 12.2. The van der Waals surface area contributed by atoms with Gasteiger partial charge in [0.25, 0.3) is 0 Å². The molecule has 0 amide bonds. The summed E-state index contributed by atoms with van der Waals surface area (Å²) in [4.78, 5) is 12.0. The maximum Gasteiger partial charge on any atom is 0.338 e. The first kappa shape index (κ1) is 15.0. The van der Waals surface area contributed by atoms with Crippen LogP contribution in [0.2, 0.25) is 0 Å². The van der Waals surface area contributed by atoms with E-state index >= 15 is 0 Å². The van der Waals surface area contributed by atoms with E-state index in [1.807, 2.05) is 51.1 Å². The number of benzene rings is 1. The van der Waals surface area contributed by atoms with Gasteiger partial charge in [0.15, 0.2) is 6.10 Å². The fraction of sp³-hybridized carbons (Fsp3) is 0.562. The number of aliphatic hydroxyl groups is 1. The standard InChI is InChI=1S/C16H22O4/c1-16(2,3)12-10-19-14(13(12)17)15(18)20-9-11-7-5-4-6-8-11/h4-8,12-14,17H,9-10H2,1-3H3/t12-,13-,14-/m1/s1. The molecule has 0 aliphatic carbocycles. The summed E-state index contributed by atoms with van der Waals surface area (Å²) in [6.07, 6.45) is -1.68. The Hall–Kier alpha value is -1.39. The van der Waals surface area contributed by atoms with Crippen LogP contribution in [-0.4, -0.2) is 29.9 Å². The molecule has 4 heteroatoms. The lowest BCUT2D eigenvalue weighted by Gasteiger charge is -2.28. The van der Waals surface area contributed by atoms with Crippen molar-refractivity contribution in [2.24, 2.45) is 11.3 Å². The molecule has 0 bridgehead atoms. The van der Waals surface area contributed by atoms with Crippen molar-refractivity contribution in [1.29, 1.82) is 0 Å². The lowest BCUT2D eigenvalue weighted by Crippen LogP contribution is -2.38. The molecular weight excluding hydrogens is 256 g/mol. The van der Waals surface area contributed by atoms with Gasteiger partial charge in [-0.2, -0.15) is 0 Å². The Balaban J connectivity index is 1.91. The van der Waals surface area contributed by atoms with E-state index in [1.165, 1.54) is 0 Å². The van der Waals surface area contributed by atoms with Crippen molar-refractivity contribution in [2.45, 2.75) is 39.6 Å². The number of rotatable bonds is 3. The quantitative estimate of drug-likeness (QED) is 0.861. The molecule has 3 atom stereocenters. The van der Waals surface area contributed by atoms with Gasteiger partial charge in [0, 0.05) is 5.92 Å². The fourth-order valence-electron chi connectivity index (χ4n) is 2.40. The highest BCUT2D eigenvalue weighted by molar-refractivity contribution is 5.75. The molecule has 1 aromatic rings. The first-order valence-electron chi connectivity index (χ1n) is 6.90. The minimum atomic E-state index is -0.872. The third-order valence-electron chi connectivity index (χ3n) is 3.75. The van der Waals surface area contributed by atoms with Crippen LogP contribution < -0.4 is 0 Å². The maximum atomic E-state index is 12.0. The molecule has 0 unspecified atom stereocenters. The third-order valence-corrected chi connectivity index (χ3v) is 3.75. The molecule has 0 spiro atoms. The van der Waals surface area contributed by atoms with Gasteiger partial charge in [-0.05, 0) is 11.0 Å². The lowest BCUT2D eigenvalue weighted by atomic mass is 9.78. The summed E-state index contributed by atoms with van der Waals surface area (Å²) >= 11 is 0. The molecule has 0 saturated carbocycles. The number of hydrogen-bond donors (Lipinski definition) is 1. The predicted molar refractivity (Wildman–Crippen MR) is 74.9 cm³/mol. The summed E-state index contributed by atoms with van der Waals surface area (Å²) in [6, 6.07) is 9.46. The van der Waals surface area contributed by atoms with Gasteiger partial charge in [-0.1, -0.05) is 51.1 Å². The number of esters is 1. The Labute approximate surface area is 119 Å². The molecular formula is C16H22O4. The highest BCUT2D eigenvalue weighted by Crippen LogP contribution is 2.35. The van der Waals surface area contributed by atoms with Crippen LogP contribution >= 0.6 is 0 Å². The summed E-state index contributed by atoms with van der Waals surface area (Å²) in [5.74, 6) is -0.551. The molecule has 4 nitrogen and oxygen atoms in total. The molecule has 1 aromatic carbocycles. The van der Waals surface area contributed by atoms with E-state index < -0.39 is 18.2 Å². The SMILES string of the molecule is CC(C)(C)[C@@H]1CO[C@@H](C(=O)OCc2ccccc2)[C@@H]1O. The maximum absolute atomic E-state index is 12.0. The first-order chi connectivity index (χ1) is 9.39. The van der Waals surface area contributed by atoms with E-state index in [0.29, 0.717) is 6.61 Å². The Kier molecular flexibility index (Phi) is 4.45. The summed E-state index contributed by atoms with van der Waals surface area (Å²) < 4.78 is 10.6. The van der Waals surface area contributed by atoms with Crippen molar-refractivity contribution < 1.29 is 19.4 Å². The van der Waals surface area contributed by atoms with Crippen LogP contribution in [0.15, 0.2) is 30.3 Å². The topological polar surface area (TPSA) is 55.8 Å². The molecule has 1 fully saturated rings. The molecule has 1 aliphatic rings. The van der Waals surface area contributed by atoms with Crippen LogP contribution in [0, 0.1) is 11.3 Å². The molecule has 110 valence electrons. The zero-order chi connectivity index (χ0) is 14.8. The second kappa shape index (κ2) is 5.94. The van der Waals surface area contributed by atoms with E-state index in [2.05, 4.69) is 0 Å². The Morgan fingerprint density at radius 3 is 2.55 bits per heavy atom. The number of ether oxygens (including phenoxy) is 2. The number of aliphatic hydroxyl groups excluding tert-OH is 1. The summed E-state index contributed by atoms with van der Waals surface area (Å²) in [5, 5.41) is 10.2. The van der Waals surface area contributed by atoms with Crippen molar-refractivity contribution in [3.05, 3.63) is 35.9 Å². The molecule has 0 radical (unpaired) electrons. The highest BCUT2D eigenvalue weighted by atomic mass is 16.6. The summed E-state index contributed by atoms with van der Waals surface area (Å²) in [7, 11) is 0. The molecule has 20 heavy (non-hydrogen) atoms. The Morgan fingerprint density at radius 1 is 1.35 bits per heavy atom. The van der Waals surface area contributed by atoms with Gasteiger partial charge in [0.1, 0.15) is 6.61 Å². The average Bonchev–Trinajstić information content (AvgIpc) is 2.79. The second-order valence-electron chi connectivity index (χ2n) is 6.31. The van der Waals surface area contributed by atoms with Gasteiger partial charge in [-0.25, -0.2) is 4.79 Å². The van der Waals surface area contributed by atoms with Crippen LogP contribution in [0.5, 0.6) is 0 Å². The van der Waals surface area contributed by atoms with Crippen molar-refractivity contribution >= 4 is 5.97 Å². The number of carbonyl (C=O) groups excluding carboxylic acids is 1. The van der Waals surface area contributed by atoms with E-state index in [0.717, 1.165) is 5.56 Å². The molecule has 0 aromatic heterocycles. The molecule has 1 saturated heterocycles. The number of carbonyl (C=O) groups is 1. The van der Waals surface area contributed by atoms with Crippen LogP contribution in [0.4, 0.5) is 0 Å². The fourth-order valence-corrected chi connectivity index (χ4v) is 2.40. The van der Waals surface area contributed by atoms with Crippen LogP contribution in [0.25, 0.3) is 0 Å². The molecule has 1 N–H and O–H groups in total. The smallest absolute Gasteiger partial charge is 0.338 e. The monoisotopic (exact) mass is 278 g/mol. The first-order valence-corrected chi connectivity index (χ1v) is 6.90. The van der Waals surface area contributed by atoms with Crippen LogP contribution in [0.3, 0.4) is 0 Å². The minimum absolute atomic E-state index is 0.0585. The van der Waals surface area contributed by atoms with E-state index in [-0.39, 0.29) is 17.9 Å². The van der Waals surface area contributed by atoms with E-state index in [4.69, 9.17) is 9.47 Å². The second-order valence-corrected chi connectivity index (χ2v) is 6.31. The molecule has 2 rings (SSSR count). The Morgan fingerprint density at radius 2 is 2.00 bits per heavy atom. The Bertz CT molecular complexity index is 449. The average molecular weight is 278 g/mol. The summed E-state index contributed by atoms with van der Waals surface area (Å²) in [5.41, 5.74) is 0.814. The van der Waals surface area contributed by atoms with E-state index in [1.54, 1.807) is 0 Å². The van der Waals surface area contributed by atoms with Gasteiger partial charge in [0.2, 0.25) is 0 Å².